The number of nitrogens with zero attached hydrogens (tertiary/aromatic N) is 2. The molecule has 0 spiro atoms. The van der Waals surface area contributed by atoms with E-state index < -0.39 is 16.7 Å². The minimum atomic E-state index is -0.667. The summed E-state index contributed by atoms with van der Waals surface area (Å²) < 4.78 is 9.20. The fourth-order valence-electron chi connectivity index (χ4n) is 1.08. The van der Waals surface area contributed by atoms with Gasteiger partial charge in [-0.1, -0.05) is 0 Å². The zero-order valence-corrected chi connectivity index (χ0v) is 8.80. The number of ether oxygens (including phenoxy) is 2. The summed E-state index contributed by atoms with van der Waals surface area (Å²) in [7, 11) is 2.55. The maximum absolute atomic E-state index is 11.0. The van der Waals surface area contributed by atoms with Crippen LogP contribution in [0.3, 0.4) is 0 Å². The summed E-state index contributed by atoms with van der Waals surface area (Å²) in [5.74, 6) is -0.866. The lowest BCUT2D eigenvalue weighted by molar-refractivity contribution is -0.390. The molecule has 0 bridgehead atoms. The zero-order valence-electron chi connectivity index (χ0n) is 8.80. The molecule has 0 aliphatic rings. The third kappa shape index (κ3) is 2.66. The SMILES string of the molecule is COC(=O)Cc1ccc(OC)c([N+](=O)[O-])n1. The quantitative estimate of drug-likeness (QED) is 0.426. The van der Waals surface area contributed by atoms with Crippen LogP contribution in [0, 0.1) is 10.1 Å². The largest absolute Gasteiger partial charge is 0.489 e. The van der Waals surface area contributed by atoms with Crippen molar-refractivity contribution in [2.45, 2.75) is 6.42 Å². The summed E-state index contributed by atoms with van der Waals surface area (Å²) in [6.07, 6.45) is -0.110. The number of esters is 1. The Morgan fingerprint density at radius 2 is 2.19 bits per heavy atom. The Morgan fingerprint density at radius 3 is 2.69 bits per heavy atom. The summed E-state index contributed by atoms with van der Waals surface area (Å²) in [6, 6.07) is 2.87. The molecule has 1 aromatic rings. The first-order valence-electron chi connectivity index (χ1n) is 4.33. The average Bonchev–Trinajstić information content (AvgIpc) is 2.28. The minimum Gasteiger partial charge on any atom is -0.489 e. The second kappa shape index (κ2) is 5.06. The van der Waals surface area contributed by atoms with E-state index in [1.807, 2.05) is 0 Å². The fourth-order valence-corrected chi connectivity index (χ4v) is 1.08. The van der Waals surface area contributed by atoms with Crippen molar-refractivity contribution in [3.05, 3.63) is 27.9 Å². The molecule has 1 heterocycles. The molecule has 86 valence electrons. The van der Waals surface area contributed by atoms with E-state index in [0.29, 0.717) is 0 Å². The van der Waals surface area contributed by atoms with Crippen molar-refractivity contribution in [3.8, 4) is 5.75 Å². The summed E-state index contributed by atoms with van der Waals surface area (Å²) in [5, 5.41) is 10.6. The molecule has 16 heavy (non-hydrogen) atoms. The first-order chi connectivity index (χ1) is 7.58. The van der Waals surface area contributed by atoms with Crippen molar-refractivity contribution < 1.29 is 19.2 Å². The highest BCUT2D eigenvalue weighted by Gasteiger charge is 2.19. The van der Waals surface area contributed by atoms with Crippen LogP contribution in [0.15, 0.2) is 12.1 Å². The number of aromatic nitrogens is 1. The van der Waals surface area contributed by atoms with Gasteiger partial charge in [0, 0.05) is 0 Å². The molecule has 1 aromatic heterocycles. The molecule has 7 nitrogen and oxygen atoms in total. The Bertz CT molecular complexity index is 418. The third-order valence-corrected chi connectivity index (χ3v) is 1.84. The molecule has 0 unspecified atom stereocenters. The Kier molecular flexibility index (Phi) is 3.76. The Balaban J connectivity index is 3.02. The van der Waals surface area contributed by atoms with Crippen molar-refractivity contribution in [2.75, 3.05) is 14.2 Å². The fraction of sp³-hybridized carbons (Fsp3) is 0.333. The van der Waals surface area contributed by atoms with Gasteiger partial charge in [-0.15, -0.1) is 0 Å². The summed E-state index contributed by atoms with van der Waals surface area (Å²) in [4.78, 5) is 24.6. The predicted molar refractivity (Wildman–Crippen MR) is 53.2 cm³/mol. The minimum absolute atomic E-state index is 0.0543. The molecule has 0 saturated heterocycles. The monoisotopic (exact) mass is 226 g/mol. The van der Waals surface area contributed by atoms with Gasteiger partial charge in [0.05, 0.1) is 14.2 Å². The van der Waals surface area contributed by atoms with Gasteiger partial charge in [-0.3, -0.25) is 4.79 Å². The van der Waals surface area contributed by atoms with Gasteiger partial charge in [0.2, 0.25) is 5.75 Å². The highest BCUT2D eigenvalue weighted by Crippen LogP contribution is 2.24. The van der Waals surface area contributed by atoms with Crippen molar-refractivity contribution in [1.29, 1.82) is 0 Å². The topological polar surface area (TPSA) is 91.6 Å². The van der Waals surface area contributed by atoms with Crippen LogP contribution in [0.25, 0.3) is 0 Å². The van der Waals surface area contributed by atoms with E-state index in [1.54, 1.807) is 0 Å². The van der Waals surface area contributed by atoms with Gasteiger partial charge in [-0.2, -0.15) is 0 Å². The number of hydrogen-bond donors (Lipinski definition) is 0. The van der Waals surface area contributed by atoms with Gasteiger partial charge in [0.1, 0.15) is 6.42 Å². The van der Waals surface area contributed by atoms with Crippen LogP contribution in [-0.2, 0) is 16.0 Å². The molecule has 0 atom stereocenters. The lowest BCUT2D eigenvalue weighted by atomic mass is 10.2. The molecule has 0 fully saturated rings. The van der Waals surface area contributed by atoms with Crippen LogP contribution < -0.4 is 4.74 Å². The van der Waals surface area contributed by atoms with Gasteiger partial charge < -0.3 is 19.6 Å². The molecule has 0 N–H and O–H groups in total. The molecular weight excluding hydrogens is 216 g/mol. The first kappa shape index (κ1) is 11.9. The molecule has 0 aliphatic heterocycles. The molecule has 7 heteroatoms. The number of methoxy groups -OCH3 is 2. The van der Waals surface area contributed by atoms with Crippen molar-refractivity contribution in [2.24, 2.45) is 0 Å². The highest BCUT2D eigenvalue weighted by atomic mass is 16.6. The van der Waals surface area contributed by atoms with E-state index in [9.17, 15) is 14.9 Å². The van der Waals surface area contributed by atoms with E-state index in [0.717, 1.165) is 0 Å². The van der Waals surface area contributed by atoms with Gasteiger partial charge >= 0.3 is 11.8 Å². The van der Waals surface area contributed by atoms with E-state index in [1.165, 1.54) is 26.4 Å². The zero-order chi connectivity index (χ0) is 12.1. The lowest BCUT2D eigenvalue weighted by Crippen LogP contribution is -2.07. The number of carbonyl (C=O) groups is 1. The summed E-state index contributed by atoms with van der Waals surface area (Å²) in [5.41, 5.74) is 0.263. The second-order valence-electron chi connectivity index (χ2n) is 2.84. The maximum Gasteiger partial charge on any atom is 0.406 e. The van der Waals surface area contributed by atoms with Crippen LogP contribution >= 0.6 is 0 Å². The standard InChI is InChI=1S/C9H10N2O5/c1-15-7-4-3-6(5-8(12)16-2)10-9(7)11(13)14/h3-4H,5H2,1-2H3. The number of carbonyl (C=O) groups excluding carboxylic acids is 1. The van der Waals surface area contributed by atoms with Crippen LogP contribution in [0.2, 0.25) is 0 Å². The van der Waals surface area contributed by atoms with Gasteiger partial charge in [0.15, 0.2) is 5.69 Å². The number of nitro groups is 1. The molecule has 0 amide bonds. The van der Waals surface area contributed by atoms with Crippen LogP contribution in [0.1, 0.15) is 5.69 Å². The molecule has 0 saturated carbocycles. The molecule has 0 aliphatic carbocycles. The average molecular weight is 226 g/mol. The van der Waals surface area contributed by atoms with Crippen LogP contribution in [-0.4, -0.2) is 30.1 Å². The lowest BCUT2D eigenvalue weighted by Gasteiger charge is -2.01. The van der Waals surface area contributed by atoms with Gasteiger partial charge in [-0.25, -0.2) is 0 Å². The van der Waals surface area contributed by atoms with Crippen molar-refractivity contribution in [3.63, 3.8) is 0 Å². The molecule has 0 radical (unpaired) electrons. The van der Waals surface area contributed by atoms with Gasteiger partial charge in [0.25, 0.3) is 0 Å². The predicted octanol–water partition coefficient (Wildman–Crippen LogP) is 0.714. The highest BCUT2D eigenvalue weighted by molar-refractivity contribution is 5.72. The smallest absolute Gasteiger partial charge is 0.406 e. The van der Waals surface area contributed by atoms with Crippen molar-refractivity contribution in [1.82, 2.24) is 4.98 Å². The van der Waals surface area contributed by atoms with E-state index in [-0.39, 0.29) is 17.9 Å². The Labute approximate surface area is 91.2 Å². The van der Waals surface area contributed by atoms with E-state index >= 15 is 0 Å². The number of hydrogen-bond acceptors (Lipinski definition) is 6. The van der Waals surface area contributed by atoms with Crippen molar-refractivity contribution >= 4 is 11.8 Å². The number of rotatable bonds is 4. The molecule has 1 rings (SSSR count). The summed E-state index contributed by atoms with van der Waals surface area (Å²) >= 11 is 0. The summed E-state index contributed by atoms with van der Waals surface area (Å²) in [6.45, 7) is 0. The molecular formula is C9H10N2O5. The Hall–Kier alpha value is -2.18. The van der Waals surface area contributed by atoms with Crippen LogP contribution in [0.4, 0.5) is 5.82 Å². The van der Waals surface area contributed by atoms with Gasteiger partial charge in [-0.05, 0) is 22.0 Å². The maximum atomic E-state index is 11.0. The van der Waals surface area contributed by atoms with E-state index in [2.05, 4.69) is 9.72 Å². The normalized spacial score (nSPS) is 9.62. The number of pyridine rings is 1. The molecule has 0 aromatic carbocycles. The second-order valence-corrected chi connectivity index (χ2v) is 2.84. The first-order valence-corrected chi connectivity index (χ1v) is 4.33. The Morgan fingerprint density at radius 1 is 1.50 bits per heavy atom. The third-order valence-electron chi connectivity index (χ3n) is 1.84. The van der Waals surface area contributed by atoms with E-state index in [4.69, 9.17) is 4.74 Å². The van der Waals surface area contributed by atoms with Crippen LogP contribution in [0.5, 0.6) is 5.75 Å².